The smallest absolute Gasteiger partial charge is 0.238 e. The van der Waals surface area contributed by atoms with Crippen LogP contribution in [0.25, 0.3) is 0 Å². The molecule has 2 atom stereocenters. The Labute approximate surface area is 205 Å². The van der Waals surface area contributed by atoms with Gasteiger partial charge in [-0.25, -0.2) is 0 Å². The molecule has 0 amide bonds. The van der Waals surface area contributed by atoms with E-state index in [1.54, 1.807) is 6.92 Å². The zero-order valence-electron chi connectivity index (χ0n) is 22.6. The highest BCUT2D eigenvalue weighted by Gasteiger charge is 2.15. The lowest BCUT2D eigenvalue weighted by molar-refractivity contribution is 0.173. The van der Waals surface area contributed by atoms with Gasteiger partial charge in [-0.15, -0.1) is 0 Å². The molecule has 1 aromatic heterocycles. The molecule has 0 bridgehead atoms. The Morgan fingerprint density at radius 2 is 1.68 bits per heavy atom. The number of pyridine rings is 1. The number of methoxy groups -OCH3 is 2. The minimum atomic E-state index is -0.507. The SMILES string of the molecule is C/C=C(C)/C=C(\C)[C@@H](O)[C@H](C)/C=C(C)/C=C(\C)C/C(C)=C/Cc1[nH]c(OC)c(OC)c(=O)c1C. The van der Waals surface area contributed by atoms with E-state index in [1.807, 2.05) is 39.8 Å². The third-order valence-electron chi connectivity index (χ3n) is 5.97. The van der Waals surface area contributed by atoms with Gasteiger partial charge in [0.05, 0.1) is 20.3 Å². The topological polar surface area (TPSA) is 71.6 Å². The molecule has 0 radical (unpaired) electrons. The summed E-state index contributed by atoms with van der Waals surface area (Å²) in [4.78, 5) is 15.7. The quantitative estimate of drug-likeness (QED) is 0.291. The van der Waals surface area contributed by atoms with Gasteiger partial charge < -0.3 is 19.6 Å². The molecule has 5 nitrogen and oxygen atoms in total. The first-order valence-corrected chi connectivity index (χ1v) is 11.8. The predicted octanol–water partition coefficient (Wildman–Crippen LogP) is 6.38. The molecular formula is C29H43NO4. The van der Waals surface area contributed by atoms with Gasteiger partial charge in [-0.1, -0.05) is 59.6 Å². The van der Waals surface area contributed by atoms with E-state index in [4.69, 9.17) is 9.47 Å². The van der Waals surface area contributed by atoms with Gasteiger partial charge in [-0.2, -0.15) is 0 Å². The lowest BCUT2D eigenvalue weighted by atomic mass is 9.94. The standard InChI is InChI=1S/C29H43NO4/c1-11-18(2)16-22(6)26(31)23(7)17-21(5)15-20(4)14-19(3)12-13-25-24(8)27(32)28(33-9)29(30-25)34-10/h11-12,15-17,23,26,31H,13-14H2,1-10H3,(H,30,32)/b18-11+,19-12+,20-15+,21-17+,22-16+/t23-,26-/m1/s1. The van der Waals surface area contributed by atoms with Crippen LogP contribution in [0.4, 0.5) is 0 Å². The van der Waals surface area contributed by atoms with Gasteiger partial charge in [0.15, 0.2) is 0 Å². The van der Waals surface area contributed by atoms with Crippen LogP contribution >= 0.6 is 0 Å². The Hall–Kier alpha value is -2.79. The van der Waals surface area contributed by atoms with Crippen LogP contribution in [0.2, 0.25) is 0 Å². The van der Waals surface area contributed by atoms with Crippen molar-refractivity contribution in [2.75, 3.05) is 14.2 Å². The van der Waals surface area contributed by atoms with Gasteiger partial charge in [-0.05, 0) is 60.5 Å². The molecule has 0 spiro atoms. The van der Waals surface area contributed by atoms with Crippen LogP contribution in [0, 0.1) is 12.8 Å². The van der Waals surface area contributed by atoms with E-state index in [2.05, 4.69) is 44.0 Å². The number of nitrogens with one attached hydrogen (secondary N) is 1. The molecule has 0 saturated carbocycles. The summed E-state index contributed by atoms with van der Waals surface area (Å²) in [5, 5.41) is 10.6. The average molecular weight is 470 g/mol. The van der Waals surface area contributed by atoms with E-state index < -0.39 is 6.10 Å². The Morgan fingerprint density at radius 1 is 1.03 bits per heavy atom. The summed E-state index contributed by atoms with van der Waals surface area (Å²) in [6.45, 7) is 16.1. The molecule has 188 valence electrons. The number of allylic oxidation sites excluding steroid dienone is 8. The molecule has 1 rings (SSSR count). The van der Waals surface area contributed by atoms with E-state index in [0.717, 1.165) is 28.8 Å². The van der Waals surface area contributed by atoms with E-state index in [-0.39, 0.29) is 17.1 Å². The van der Waals surface area contributed by atoms with E-state index in [9.17, 15) is 9.90 Å². The molecule has 1 heterocycles. The molecule has 34 heavy (non-hydrogen) atoms. The van der Waals surface area contributed by atoms with Crippen molar-refractivity contribution in [3.05, 3.63) is 79.7 Å². The molecule has 0 aliphatic carbocycles. The lowest BCUT2D eigenvalue weighted by Crippen LogP contribution is -2.17. The molecule has 0 saturated heterocycles. The van der Waals surface area contributed by atoms with Crippen molar-refractivity contribution in [2.24, 2.45) is 5.92 Å². The molecular weight excluding hydrogens is 426 g/mol. The first-order chi connectivity index (χ1) is 15.9. The molecule has 0 unspecified atom stereocenters. The van der Waals surface area contributed by atoms with Gasteiger partial charge in [0.25, 0.3) is 0 Å². The van der Waals surface area contributed by atoms with Gasteiger partial charge in [-0.3, -0.25) is 4.79 Å². The van der Waals surface area contributed by atoms with Crippen LogP contribution in [0.5, 0.6) is 11.6 Å². The number of aromatic amines is 1. The van der Waals surface area contributed by atoms with Gasteiger partial charge in [0, 0.05) is 23.6 Å². The van der Waals surface area contributed by atoms with Crippen LogP contribution in [-0.2, 0) is 6.42 Å². The first kappa shape index (κ1) is 29.2. The molecule has 1 aromatic rings. The van der Waals surface area contributed by atoms with Crippen LogP contribution in [0.1, 0.15) is 66.1 Å². The van der Waals surface area contributed by atoms with Crippen molar-refractivity contribution >= 4 is 0 Å². The van der Waals surface area contributed by atoms with Gasteiger partial charge in [0.1, 0.15) is 0 Å². The Bertz CT molecular complexity index is 1050. The second kappa shape index (κ2) is 13.8. The number of hydrogen-bond acceptors (Lipinski definition) is 4. The molecule has 2 N–H and O–H groups in total. The fraction of sp³-hybridized carbons (Fsp3) is 0.483. The normalized spacial score (nSPS) is 15.9. The van der Waals surface area contributed by atoms with Crippen molar-refractivity contribution in [3.8, 4) is 11.6 Å². The van der Waals surface area contributed by atoms with Crippen LogP contribution in [-0.4, -0.2) is 30.4 Å². The number of aliphatic hydroxyl groups is 1. The third kappa shape index (κ3) is 8.53. The zero-order valence-corrected chi connectivity index (χ0v) is 22.6. The van der Waals surface area contributed by atoms with Crippen LogP contribution in [0.15, 0.2) is 63.0 Å². The summed E-state index contributed by atoms with van der Waals surface area (Å²) < 4.78 is 10.5. The highest BCUT2D eigenvalue weighted by Crippen LogP contribution is 2.23. The number of rotatable bonds is 11. The fourth-order valence-electron chi connectivity index (χ4n) is 3.96. The summed E-state index contributed by atoms with van der Waals surface area (Å²) >= 11 is 0. The Kier molecular flexibility index (Phi) is 11.9. The molecule has 0 fully saturated rings. The number of H-pyrrole nitrogens is 1. The Balaban J connectivity index is 2.92. The highest BCUT2D eigenvalue weighted by molar-refractivity contribution is 5.40. The van der Waals surface area contributed by atoms with Gasteiger partial charge >= 0.3 is 0 Å². The Morgan fingerprint density at radius 3 is 2.24 bits per heavy atom. The molecule has 0 aliphatic heterocycles. The number of aliphatic hydroxyl groups excluding tert-OH is 1. The monoisotopic (exact) mass is 469 g/mol. The second-order valence-corrected chi connectivity index (χ2v) is 9.18. The largest absolute Gasteiger partial charge is 0.488 e. The summed E-state index contributed by atoms with van der Waals surface area (Å²) in [7, 11) is 2.98. The number of aromatic nitrogens is 1. The van der Waals surface area contributed by atoms with E-state index >= 15 is 0 Å². The lowest BCUT2D eigenvalue weighted by Gasteiger charge is -2.17. The van der Waals surface area contributed by atoms with Crippen molar-refractivity contribution in [2.45, 2.75) is 74.3 Å². The minimum absolute atomic E-state index is 0.0199. The average Bonchev–Trinajstić information content (AvgIpc) is 2.78. The van der Waals surface area contributed by atoms with Crippen LogP contribution < -0.4 is 14.9 Å². The van der Waals surface area contributed by atoms with Crippen molar-refractivity contribution < 1.29 is 14.6 Å². The number of hydrogen-bond donors (Lipinski definition) is 2. The molecule has 0 aliphatic rings. The highest BCUT2D eigenvalue weighted by atomic mass is 16.5. The summed E-state index contributed by atoms with van der Waals surface area (Å²) in [6, 6.07) is 0. The van der Waals surface area contributed by atoms with Crippen LogP contribution in [0.3, 0.4) is 0 Å². The molecule has 5 heteroatoms. The second-order valence-electron chi connectivity index (χ2n) is 9.18. The predicted molar refractivity (Wildman–Crippen MR) is 143 cm³/mol. The number of ether oxygens (including phenoxy) is 2. The maximum absolute atomic E-state index is 12.5. The van der Waals surface area contributed by atoms with E-state index in [1.165, 1.54) is 25.4 Å². The zero-order chi connectivity index (χ0) is 26.0. The summed E-state index contributed by atoms with van der Waals surface area (Å²) in [5.41, 5.74) is 6.99. The fourth-order valence-corrected chi connectivity index (χ4v) is 3.96. The minimum Gasteiger partial charge on any atom is -0.488 e. The maximum atomic E-state index is 12.5. The molecule has 0 aromatic carbocycles. The van der Waals surface area contributed by atoms with E-state index in [0.29, 0.717) is 17.9 Å². The third-order valence-corrected chi connectivity index (χ3v) is 5.97. The summed E-state index contributed by atoms with van der Waals surface area (Å²) in [5.74, 6) is 0.567. The summed E-state index contributed by atoms with van der Waals surface area (Å²) in [6.07, 6.45) is 11.4. The van der Waals surface area contributed by atoms with Crippen molar-refractivity contribution in [3.63, 3.8) is 0 Å². The first-order valence-electron chi connectivity index (χ1n) is 11.8. The van der Waals surface area contributed by atoms with Crippen molar-refractivity contribution in [1.82, 2.24) is 4.98 Å². The maximum Gasteiger partial charge on any atom is 0.238 e. The van der Waals surface area contributed by atoms with Gasteiger partial charge in [0.2, 0.25) is 17.1 Å². The van der Waals surface area contributed by atoms with Crippen molar-refractivity contribution in [1.29, 1.82) is 0 Å².